The van der Waals surface area contributed by atoms with Crippen molar-refractivity contribution in [1.82, 2.24) is 13.9 Å². The van der Waals surface area contributed by atoms with Crippen LogP contribution in [-0.2, 0) is 21.4 Å². The summed E-state index contributed by atoms with van der Waals surface area (Å²) in [5, 5.41) is 3.20. The van der Waals surface area contributed by atoms with E-state index in [2.05, 4.69) is 17.4 Å². The van der Waals surface area contributed by atoms with Crippen LogP contribution in [0, 0.1) is 5.92 Å². The minimum Gasteiger partial charge on any atom is -0.349 e. The van der Waals surface area contributed by atoms with Crippen LogP contribution in [0.4, 0.5) is 0 Å². The number of piperidine rings is 1. The largest absolute Gasteiger partial charge is 0.349 e. The molecule has 3 rings (SSSR count). The van der Waals surface area contributed by atoms with Crippen LogP contribution in [-0.4, -0.2) is 49.1 Å². The van der Waals surface area contributed by atoms with Gasteiger partial charge in [-0.2, -0.15) is 17.0 Å². The van der Waals surface area contributed by atoms with Crippen molar-refractivity contribution in [2.75, 3.05) is 26.2 Å². The molecule has 0 radical (unpaired) electrons. The van der Waals surface area contributed by atoms with Crippen molar-refractivity contribution in [3.63, 3.8) is 0 Å². The minimum absolute atomic E-state index is 0.0175. The summed E-state index contributed by atoms with van der Waals surface area (Å²) in [6.45, 7) is 5.36. The van der Waals surface area contributed by atoms with E-state index in [1.165, 1.54) is 19.7 Å². The van der Waals surface area contributed by atoms with Gasteiger partial charge in [0.1, 0.15) is 0 Å². The van der Waals surface area contributed by atoms with Gasteiger partial charge in [0.05, 0.1) is 12.0 Å². The molecule has 0 aromatic heterocycles. The van der Waals surface area contributed by atoms with Gasteiger partial charge in [0.15, 0.2) is 0 Å². The first-order valence-electron chi connectivity index (χ1n) is 10.1. The van der Waals surface area contributed by atoms with Crippen LogP contribution in [0.3, 0.4) is 0 Å². The fourth-order valence-corrected chi connectivity index (χ4v) is 5.98. The van der Waals surface area contributed by atoms with Crippen LogP contribution in [0.15, 0.2) is 24.3 Å². The number of carbonyl (C=O) groups excluding carboxylic acids is 1. The Morgan fingerprint density at radius 2 is 1.93 bits per heavy atom. The van der Waals surface area contributed by atoms with E-state index in [9.17, 15) is 13.2 Å². The third-order valence-corrected chi connectivity index (χ3v) is 7.95. The monoisotopic (exact) mass is 393 g/mol. The van der Waals surface area contributed by atoms with Gasteiger partial charge in [0.2, 0.25) is 5.91 Å². The maximum absolute atomic E-state index is 12.9. The molecule has 27 heavy (non-hydrogen) atoms. The molecule has 1 aromatic carbocycles. The zero-order valence-electron chi connectivity index (χ0n) is 16.4. The Hall–Kier alpha value is -1.44. The standard InChI is InChI=1S/C20H31N3O3S/c1-3-22(4-2)27(25,26)23-14-8-11-17(15-23)20(24)21-19-13-7-10-16-9-5-6-12-18(16)19/h5-6,9,12,17,19H,3-4,7-8,10-11,13-15H2,1-2H3,(H,21,24). The Kier molecular flexibility index (Phi) is 6.55. The van der Waals surface area contributed by atoms with Crippen LogP contribution in [0.25, 0.3) is 0 Å². The van der Waals surface area contributed by atoms with Gasteiger partial charge in [-0.05, 0) is 43.2 Å². The summed E-state index contributed by atoms with van der Waals surface area (Å²) in [5.41, 5.74) is 2.52. The first kappa shape index (κ1) is 20.3. The molecule has 0 saturated carbocycles. The quantitative estimate of drug-likeness (QED) is 0.807. The predicted octanol–water partition coefficient (Wildman–Crippen LogP) is 2.48. The molecular formula is C20H31N3O3S. The van der Waals surface area contributed by atoms with Gasteiger partial charge in [0.25, 0.3) is 10.2 Å². The molecule has 7 heteroatoms. The molecule has 6 nitrogen and oxygen atoms in total. The van der Waals surface area contributed by atoms with Crippen molar-refractivity contribution >= 4 is 16.1 Å². The molecule has 2 unspecified atom stereocenters. The fraction of sp³-hybridized carbons (Fsp3) is 0.650. The van der Waals surface area contributed by atoms with E-state index < -0.39 is 10.2 Å². The number of fused-ring (bicyclic) bond motifs is 1. The highest BCUT2D eigenvalue weighted by Gasteiger charge is 2.35. The van der Waals surface area contributed by atoms with Crippen molar-refractivity contribution in [3.8, 4) is 0 Å². The van der Waals surface area contributed by atoms with E-state index in [1.807, 2.05) is 26.0 Å². The molecular weight excluding hydrogens is 362 g/mol. The van der Waals surface area contributed by atoms with Gasteiger partial charge in [0, 0.05) is 26.2 Å². The second-order valence-corrected chi connectivity index (χ2v) is 9.37. The molecule has 1 heterocycles. The summed E-state index contributed by atoms with van der Waals surface area (Å²) in [6.07, 6.45) is 4.53. The van der Waals surface area contributed by atoms with Crippen LogP contribution >= 0.6 is 0 Å². The Labute approximate surface area is 163 Å². The van der Waals surface area contributed by atoms with Gasteiger partial charge in [-0.15, -0.1) is 0 Å². The number of benzene rings is 1. The number of aryl methyl sites for hydroxylation is 1. The van der Waals surface area contributed by atoms with Crippen LogP contribution in [0.5, 0.6) is 0 Å². The normalized spacial score (nSPS) is 23.8. The summed E-state index contributed by atoms with van der Waals surface area (Å²) in [5.74, 6) is -0.297. The Balaban J connectivity index is 1.68. The molecule has 150 valence electrons. The zero-order valence-corrected chi connectivity index (χ0v) is 17.2. The molecule has 1 N–H and O–H groups in total. The van der Waals surface area contributed by atoms with Crippen LogP contribution in [0.1, 0.15) is 56.7 Å². The van der Waals surface area contributed by atoms with E-state index >= 15 is 0 Å². The summed E-state index contributed by atoms with van der Waals surface area (Å²) < 4.78 is 28.5. The molecule has 0 bridgehead atoms. The number of hydrogen-bond donors (Lipinski definition) is 1. The van der Waals surface area contributed by atoms with Crippen molar-refractivity contribution in [3.05, 3.63) is 35.4 Å². The summed E-state index contributed by atoms with van der Waals surface area (Å²) in [4.78, 5) is 12.9. The topological polar surface area (TPSA) is 69.7 Å². The number of nitrogens with zero attached hydrogens (tertiary/aromatic N) is 2. The Morgan fingerprint density at radius 1 is 1.19 bits per heavy atom. The van der Waals surface area contributed by atoms with Crippen molar-refractivity contribution < 1.29 is 13.2 Å². The average molecular weight is 394 g/mol. The maximum atomic E-state index is 12.9. The van der Waals surface area contributed by atoms with Crippen molar-refractivity contribution in [2.45, 2.75) is 52.0 Å². The fourth-order valence-electron chi connectivity index (χ4n) is 4.27. The highest BCUT2D eigenvalue weighted by atomic mass is 32.2. The van der Waals surface area contributed by atoms with Gasteiger partial charge in [-0.25, -0.2) is 0 Å². The molecule has 1 fully saturated rings. The third-order valence-electron chi connectivity index (χ3n) is 5.80. The van der Waals surface area contributed by atoms with Crippen LogP contribution < -0.4 is 5.32 Å². The molecule has 2 aliphatic rings. The minimum atomic E-state index is -3.49. The smallest absolute Gasteiger partial charge is 0.281 e. The van der Waals surface area contributed by atoms with E-state index in [-0.39, 0.29) is 24.4 Å². The van der Waals surface area contributed by atoms with Crippen molar-refractivity contribution in [2.24, 2.45) is 5.92 Å². The second kappa shape index (κ2) is 8.71. The molecule has 1 aromatic rings. The summed E-state index contributed by atoms with van der Waals surface area (Å²) >= 11 is 0. The molecule has 2 atom stereocenters. The van der Waals surface area contributed by atoms with E-state index in [0.717, 1.165) is 32.1 Å². The lowest BCUT2D eigenvalue weighted by Gasteiger charge is -2.35. The number of nitrogens with one attached hydrogen (secondary N) is 1. The average Bonchev–Trinajstić information content (AvgIpc) is 2.69. The lowest BCUT2D eigenvalue weighted by Crippen LogP contribution is -2.50. The summed E-state index contributed by atoms with van der Waals surface area (Å²) in [6, 6.07) is 8.32. The van der Waals surface area contributed by atoms with E-state index in [4.69, 9.17) is 0 Å². The number of amides is 1. The maximum Gasteiger partial charge on any atom is 0.281 e. The van der Waals surface area contributed by atoms with Gasteiger partial charge in [-0.3, -0.25) is 4.79 Å². The molecule has 1 aliphatic heterocycles. The number of hydrogen-bond acceptors (Lipinski definition) is 3. The van der Waals surface area contributed by atoms with Crippen molar-refractivity contribution in [1.29, 1.82) is 0 Å². The molecule has 0 spiro atoms. The molecule has 1 aliphatic carbocycles. The summed E-state index contributed by atoms with van der Waals surface area (Å²) in [7, 11) is -3.49. The molecule has 1 amide bonds. The second-order valence-electron chi connectivity index (χ2n) is 7.44. The SMILES string of the molecule is CCN(CC)S(=O)(=O)N1CCCC(C(=O)NC2CCCc3ccccc32)C1. The van der Waals surface area contributed by atoms with Gasteiger partial charge < -0.3 is 5.32 Å². The van der Waals surface area contributed by atoms with Gasteiger partial charge in [-0.1, -0.05) is 38.1 Å². The van der Waals surface area contributed by atoms with E-state index in [1.54, 1.807) is 0 Å². The van der Waals surface area contributed by atoms with E-state index in [0.29, 0.717) is 19.6 Å². The first-order chi connectivity index (χ1) is 13.0. The zero-order chi connectivity index (χ0) is 19.4. The highest BCUT2D eigenvalue weighted by molar-refractivity contribution is 7.86. The molecule has 1 saturated heterocycles. The lowest BCUT2D eigenvalue weighted by atomic mass is 9.87. The highest BCUT2D eigenvalue weighted by Crippen LogP contribution is 2.30. The van der Waals surface area contributed by atoms with Crippen LogP contribution in [0.2, 0.25) is 0 Å². The lowest BCUT2D eigenvalue weighted by molar-refractivity contribution is -0.127. The first-order valence-corrected chi connectivity index (χ1v) is 11.5. The third kappa shape index (κ3) is 4.36. The number of rotatable bonds is 6. The number of carbonyl (C=O) groups is 1. The predicted molar refractivity (Wildman–Crippen MR) is 106 cm³/mol. The Morgan fingerprint density at radius 3 is 2.67 bits per heavy atom. The van der Waals surface area contributed by atoms with Gasteiger partial charge >= 0.3 is 0 Å². The Bertz CT molecular complexity index is 761.